The van der Waals surface area contributed by atoms with Crippen LogP contribution in [0, 0.1) is 6.92 Å². The van der Waals surface area contributed by atoms with E-state index >= 15 is 0 Å². The molecule has 5 nitrogen and oxygen atoms in total. The molecule has 0 atom stereocenters. The van der Waals surface area contributed by atoms with Crippen LogP contribution < -0.4 is 5.32 Å². The van der Waals surface area contributed by atoms with Gasteiger partial charge in [-0.05, 0) is 36.8 Å². The molecule has 0 bridgehead atoms. The van der Waals surface area contributed by atoms with Gasteiger partial charge in [0.25, 0.3) is 0 Å². The number of benzene rings is 4. The van der Waals surface area contributed by atoms with E-state index in [0.29, 0.717) is 5.69 Å². The summed E-state index contributed by atoms with van der Waals surface area (Å²) in [7, 11) is 0. The second kappa shape index (κ2) is 8.54. The zero-order valence-corrected chi connectivity index (χ0v) is 19.1. The Kier molecular flexibility index (Phi) is 5.08. The summed E-state index contributed by atoms with van der Waals surface area (Å²) >= 11 is 0. The van der Waals surface area contributed by atoms with Crippen molar-refractivity contribution in [3.05, 3.63) is 114 Å². The number of amides is 1. The Balaban J connectivity index is 1.41. The van der Waals surface area contributed by atoms with Crippen molar-refractivity contribution in [2.45, 2.75) is 6.92 Å². The average Bonchev–Trinajstić information content (AvgIpc) is 3.26. The van der Waals surface area contributed by atoms with E-state index in [1.54, 1.807) is 6.08 Å². The molecule has 0 saturated carbocycles. The number of hydrogen-bond donors (Lipinski definition) is 1. The van der Waals surface area contributed by atoms with E-state index in [1.165, 1.54) is 11.6 Å². The summed E-state index contributed by atoms with van der Waals surface area (Å²) in [5, 5.41) is 10.0. The number of nitrogens with zero attached hydrogens (tertiary/aromatic N) is 3. The Morgan fingerprint density at radius 3 is 2.40 bits per heavy atom. The number of imidazole rings is 1. The van der Waals surface area contributed by atoms with Crippen LogP contribution in [-0.4, -0.2) is 20.5 Å². The minimum absolute atomic E-state index is 0.192. The molecule has 4 aromatic carbocycles. The van der Waals surface area contributed by atoms with Gasteiger partial charge in [-0.15, -0.1) is 0 Å². The van der Waals surface area contributed by atoms with E-state index in [2.05, 4.69) is 48.6 Å². The Labute approximate surface area is 202 Å². The third-order valence-corrected chi connectivity index (χ3v) is 6.07. The van der Waals surface area contributed by atoms with E-state index in [-0.39, 0.29) is 5.91 Å². The van der Waals surface area contributed by atoms with Crippen molar-refractivity contribution in [1.82, 2.24) is 14.6 Å². The third kappa shape index (κ3) is 3.93. The summed E-state index contributed by atoms with van der Waals surface area (Å²) < 4.78 is 1.90. The van der Waals surface area contributed by atoms with Crippen LogP contribution in [0.25, 0.3) is 44.8 Å². The molecule has 2 aromatic heterocycles. The predicted molar refractivity (Wildman–Crippen MR) is 142 cm³/mol. The summed E-state index contributed by atoms with van der Waals surface area (Å²) in [6, 6.07) is 32.1. The van der Waals surface area contributed by atoms with E-state index in [9.17, 15) is 4.79 Å². The summed E-state index contributed by atoms with van der Waals surface area (Å²) in [6.45, 7) is 2.08. The maximum atomic E-state index is 12.5. The lowest BCUT2D eigenvalue weighted by atomic mass is 10.0. The third-order valence-electron chi connectivity index (χ3n) is 6.07. The monoisotopic (exact) mass is 454 g/mol. The largest absolute Gasteiger partial charge is 0.322 e. The second-order valence-electron chi connectivity index (χ2n) is 8.54. The molecular formula is C30H22N4O. The van der Waals surface area contributed by atoms with Crippen molar-refractivity contribution in [3.63, 3.8) is 0 Å². The zero-order chi connectivity index (χ0) is 23.8. The standard InChI is InChI=1S/C30H22N4O/c1-20-11-14-22(15-12-20)29-24-9-5-6-10-25(24)30-32-26-19-23(16-17-27(26)34(30)33-29)31-28(35)18-13-21-7-3-2-4-8-21/h2-19H,1H3,(H,31,35)/b18-13+. The van der Waals surface area contributed by atoms with Gasteiger partial charge < -0.3 is 5.32 Å². The molecule has 0 aliphatic heterocycles. The molecule has 168 valence electrons. The molecule has 1 N–H and O–H groups in total. The second-order valence-corrected chi connectivity index (χ2v) is 8.54. The Morgan fingerprint density at radius 1 is 0.857 bits per heavy atom. The molecule has 0 unspecified atom stereocenters. The molecule has 6 aromatic rings. The van der Waals surface area contributed by atoms with Crippen LogP contribution in [0.5, 0.6) is 0 Å². The lowest BCUT2D eigenvalue weighted by Gasteiger charge is -2.08. The fraction of sp³-hybridized carbons (Fsp3) is 0.0333. The van der Waals surface area contributed by atoms with Gasteiger partial charge in [0.2, 0.25) is 5.91 Å². The van der Waals surface area contributed by atoms with Gasteiger partial charge in [0, 0.05) is 28.1 Å². The van der Waals surface area contributed by atoms with Gasteiger partial charge in [0.15, 0.2) is 5.65 Å². The van der Waals surface area contributed by atoms with Gasteiger partial charge in [0.1, 0.15) is 0 Å². The Morgan fingerprint density at radius 2 is 1.60 bits per heavy atom. The molecular weight excluding hydrogens is 432 g/mol. The lowest BCUT2D eigenvalue weighted by molar-refractivity contribution is -0.111. The number of aryl methyl sites for hydroxylation is 1. The van der Waals surface area contributed by atoms with Crippen LogP contribution in [0.4, 0.5) is 5.69 Å². The van der Waals surface area contributed by atoms with Crippen LogP contribution in [0.3, 0.4) is 0 Å². The van der Waals surface area contributed by atoms with Crippen LogP contribution in [0.2, 0.25) is 0 Å². The van der Waals surface area contributed by atoms with Crippen LogP contribution >= 0.6 is 0 Å². The quantitative estimate of drug-likeness (QED) is 0.303. The van der Waals surface area contributed by atoms with E-state index < -0.39 is 0 Å². The number of hydrogen-bond acceptors (Lipinski definition) is 3. The fourth-order valence-electron chi connectivity index (χ4n) is 4.30. The Bertz CT molecular complexity index is 1730. The highest BCUT2D eigenvalue weighted by Crippen LogP contribution is 2.31. The number of fused-ring (bicyclic) bond motifs is 5. The maximum absolute atomic E-state index is 12.5. The highest BCUT2D eigenvalue weighted by Gasteiger charge is 2.15. The van der Waals surface area contributed by atoms with Gasteiger partial charge in [-0.3, -0.25) is 4.79 Å². The minimum Gasteiger partial charge on any atom is -0.322 e. The topological polar surface area (TPSA) is 59.3 Å². The van der Waals surface area contributed by atoms with Crippen LogP contribution in [-0.2, 0) is 4.79 Å². The van der Waals surface area contributed by atoms with Gasteiger partial charge in [-0.25, -0.2) is 9.50 Å². The molecule has 5 heteroatoms. The van der Waals surface area contributed by atoms with Crippen molar-refractivity contribution in [2.24, 2.45) is 0 Å². The molecule has 0 spiro atoms. The van der Waals surface area contributed by atoms with Crippen molar-refractivity contribution < 1.29 is 4.79 Å². The molecule has 0 aliphatic rings. The van der Waals surface area contributed by atoms with Crippen molar-refractivity contribution in [1.29, 1.82) is 0 Å². The first-order chi connectivity index (χ1) is 17.2. The smallest absolute Gasteiger partial charge is 0.248 e. The molecule has 6 rings (SSSR count). The number of carbonyl (C=O) groups excluding carboxylic acids is 1. The summed E-state index contributed by atoms with van der Waals surface area (Å²) in [4.78, 5) is 17.3. The minimum atomic E-state index is -0.192. The molecule has 2 heterocycles. The Hall–Kier alpha value is -4.77. The van der Waals surface area contributed by atoms with Crippen LogP contribution in [0.15, 0.2) is 103 Å². The van der Waals surface area contributed by atoms with Gasteiger partial charge in [0.05, 0.1) is 16.7 Å². The highest BCUT2D eigenvalue weighted by atomic mass is 16.1. The normalized spacial score (nSPS) is 11.6. The molecule has 1 amide bonds. The molecule has 0 fully saturated rings. The first-order valence-electron chi connectivity index (χ1n) is 11.5. The number of rotatable bonds is 4. The summed E-state index contributed by atoms with van der Waals surface area (Å²) in [5.74, 6) is -0.192. The molecule has 0 radical (unpaired) electrons. The van der Waals surface area contributed by atoms with Crippen molar-refractivity contribution >= 4 is 45.1 Å². The number of anilines is 1. The predicted octanol–water partition coefficient (Wildman–Crippen LogP) is 6.66. The number of carbonyl (C=O) groups is 1. The first kappa shape index (κ1) is 20.8. The number of aromatic nitrogens is 3. The summed E-state index contributed by atoms with van der Waals surface area (Å²) in [5.41, 5.74) is 7.29. The van der Waals surface area contributed by atoms with Gasteiger partial charge in [-0.1, -0.05) is 84.4 Å². The van der Waals surface area contributed by atoms with Crippen molar-refractivity contribution in [3.8, 4) is 11.3 Å². The van der Waals surface area contributed by atoms with Crippen LogP contribution in [0.1, 0.15) is 11.1 Å². The number of nitrogens with one attached hydrogen (secondary N) is 1. The molecule has 0 saturated heterocycles. The highest BCUT2D eigenvalue weighted by molar-refractivity contribution is 6.05. The van der Waals surface area contributed by atoms with Gasteiger partial charge >= 0.3 is 0 Å². The lowest BCUT2D eigenvalue weighted by Crippen LogP contribution is -2.07. The fourth-order valence-corrected chi connectivity index (χ4v) is 4.30. The average molecular weight is 455 g/mol. The maximum Gasteiger partial charge on any atom is 0.248 e. The van der Waals surface area contributed by atoms with E-state index in [1.807, 2.05) is 65.2 Å². The first-order valence-corrected chi connectivity index (χ1v) is 11.5. The van der Waals surface area contributed by atoms with E-state index in [4.69, 9.17) is 10.1 Å². The molecule has 35 heavy (non-hydrogen) atoms. The van der Waals surface area contributed by atoms with Gasteiger partial charge in [-0.2, -0.15) is 5.10 Å². The van der Waals surface area contributed by atoms with Crippen molar-refractivity contribution in [2.75, 3.05) is 5.32 Å². The zero-order valence-electron chi connectivity index (χ0n) is 19.1. The molecule has 0 aliphatic carbocycles. The SMILES string of the molecule is Cc1ccc(-c2nn3c4ccc(NC(=O)/C=C/c5ccccc5)cc4nc3c3ccccc23)cc1. The summed E-state index contributed by atoms with van der Waals surface area (Å²) in [6.07, 6.45) is 3.33. The van der Waals surface area contributed by atoms with E-state index in [0.717, 1.165) is 44.3 Å².